The molecule has 4 rings (SSSR count). The van der Waals surface area contributed by atoms with E-state index in [1.807, 2.05) is 41.0 Å². The molecule has 2 fully saturated rings. The molecule has 2 atom stereocenters. The quantitative estimate of drug-likeness (QED) is 0.779. The van der Waals surface area contributed by atoms with Gasteiger partial charge in [-0.25, -0.2) is 0 Å². The van der Waals surface area contributed by atoms with Crippen molar-refractivity contribution in [3.63, 3.8) is 0 Å². The van der Waals surface area contributed by atoms with Gasteiger partial charge in [-0.1, -0.05) is 30.3 Å². The molecular weight excluding hydrogens is 378 g/mol. The zero-order valence-electron chi connectivity index (χ0n) is 18.1. The van der Waals surface area contributed by atoms with Crippen molar-refractivity contribution in [3.8, 4) is 0 Å². The minimum Gasteiger partial charge on any atom is -0.368 e. The van der Waals surface area contributed by atoms with Gasteiger partial charge in [-0.2, -0.15) is 0 Å². The van der Waals surface area contributed by atoms with E-state index in [4.69, 9.17) is 4.74 Å². The fourth-order valence-electron chi connectivity index (χ4n) is 4.75. The number of rotatable bonds is 4. The smallest absolute Gasteiger partial charge is 0.255 e. The van der Waals surface area contributed by atoms with Gasteiger partial charge in [-0.15, -0.1) is 0 Å². The molecule has 1 aromatic heterocycles. The highest BCUT2D eigenvalue weighted by atomic mass is 16.5. The van der Waals surface area contributed by atoms with Gasteiger partial charge in [0.25, 0.3) is 11.8 Å². The average molecular weight is 410 g/mol. The Balaban J connectivity index is 1.45. The van der Waals surface area contributed by atoms with Crippen LogP contribution >= 0.6 is 0 Å². The molecule has 0 bridgehead atoms. The number of carbonyl (C=O) groups excluding carboxylic acids is 2. The van der Waals surface area contributed by atoms with E-state index < -0.39 is 0 Å². The molecular formula is C24H31N3O3. The number of hydrogen-bond donors (Lipinski definition) is 0. The van der Waals surface area contributed by atoms with Crippen LogP contribution in [-0.4, -0.2) is 65.1 Å². The fourth-order valence-corrected chi connectivity index (χ4v) is 4.75. The molecule has 0 spiro atoms. The van der Waals surface area contributed by atoms with Crippen LogP contribution in [0.2, 0.25) is 0 Å². The SMILES string of the molecule is Cc1cc(C(=O)N2CCN(C(=O)C3CCCO3)CC2)c(C)n1C(C)c1ccccc1. The second-order valence-corrected chi connectivity index (χ2v) is 8.36. The third-order valence-corrected chi connectivity index (χ3v) is 6.47. The van der Waals surface area contributed by atoms with Gasteiger partial charge in [0.05, 0.1) is 11.6 Å². The molecule has 2 aliphatic rings. The van der Waals surface area contributed by atoms with Crippen LogP contribution in [-0.2, 0) is 9.53 Å². The van der Waals surface area contributed by atoms with Crippen molar-refractivity contribution >= 4 is 11.8 Å². The van der Waals surface area contributed by atoms with Crippen molar-refractivity contribution in [1.82, 2.24) is 14.4 Å². The van der Waals surface area contributed by atoms with E-state index in [1.165, 1.54) is 5.56 Å². The van der Waals surface area contributed by atoms with Crippen molar-refractivity contribution in [2.45, 2.75) is 45.8 Å². The summed E-state index contributed by atoms with van der Waals surface area (Å²) in [6.45, 7) is 9.20. The standard InChI is InChI=1S/C24H31N3O3/c1-17-16-21(19(3)27(17)18(2)20-8-5-4-6-9-20)23(28)25-11-13-26(14-12-25)24(29)22-10-7-15-30-22/h4-6,8-9,16,18,22H,7,10-15H2,1-3H3. The minimum atomic E-state index is -0.286. The highest BCUT2D eigenvalue weighted by Gasteiger charge is 2.32. The lowest BCUT2D eigenvalue weighted by Gasteiger charge is -2.35. The molecule has 3 heterocycles. The molecule has 0 saturated carbocycles. The van der Waals surface area contributed by atoms with E-state index in [0.29, 0.717) is 32.8 Å². The Labute approximate surface area is 178 Å². The predicted octanol–water partition coefficient (Wildman–Crippen LogP) is 3.18. The zero-order valence-corrected chi connectivity index (χ0v) is 18.1. The molecule has 0 aliphatic carbocycles. The van der Waals surface area contributed by atoms with Crippen molar-refractivity contribution in [3.05, 3.63) is 58.9 Å². The Morgan fingerprint density at radius 2 is 1.70 bits per heavy atom. The van der Waals surface area contributed by atoms with Crippen LogP contribution in [0.1, 0.15) is 53.1 Å². The van der Waals surface area contributed by atoms with Crippen LogP contribution in [0, 0.1) is 13.8 Å². The zero-order chi connectivity index (χ0) is 21.3. The van der Waals surface area contributed by atoms with Crippen LogP contribution in [0.25, 0.3) is 0 Å². The largest absolute Gasteiger partial charge is 0.368 e. The Morgan fingerprint density at radius 3 is 2.33 bits per heavy atom. The summed E-state index contributed by atoms with van der Waals surface area (Å²) in [5.74, 6) is 0.133. The van der Waals surface area contributed by atoms with Crippen molar-refractivity contribution in [2.24, 2.45) is 0 Å². The van der Waals surface area contributed by atoms with Gasteiger partial charge in [0.15, 0.2) is 0 Å². The summed E-state index contributed by atoms with van der Waals surface area (Å²) in [6, 6.07) is 12.5. The maximum atomic E-state index is 13.3. The average Bonchev–Trinajstić information content (AvgIpc) is 3.41. The molecule has 2 unspecified atom stereocenters. The number of nitrogens with zero attached hydrogens (tertiary/aromatic N) is 3. The second-order valence-electron chi connectivity index (χ2n) is 8.36. The molecule has 2 aromatic rings. The topological polar surface area (TPSA) is 54.8 Å². The maximum absolute atomic E-state index is 13.3. The third kappa shape index (κ3) is 3.88. The molecule has 2 amide bonds. The summed E-state index contributed by atoms with van der Waals surface area (Å²) in [5.41, 5.74) is 4.06. The number of hydrogen-bond acceptors (Lipinski definition) is 3. The Bertz CT molecular complexity index is 907. The highest BCUT2D eigenvalue weighted by molar-refractivity contribution is 5.96. The molecule has 30 heavy (non-hydrogen) atoms. The van der Waals surface area contributed by atoms with E-state index in [0.717, 1.165) is 29.8 Å². The van der Waals surface area contributed by atoms with E-state index >= 15 is 0 Å². The van der Waals surface area contributed by atoms with Gasteiger partial charge in [0.2, 0.25) is 0 Å². The first kappa shape index (κ1) is 20.7. The molecule has 0 radical (unpaired) electrons. The van der Waals surface area contributed by atoms with Crippen molar-refractivity contribution < 1.29 is 14.3 Å². The first-order chi connectivity index (χ1) is 14.5. The van der Waals surface area contributed by atoms with E-state index in [2.05, 4.69) is 30.5 Å². The van der Waals surface area contributed by atoms with Crippen LogP contribution in [0.3, 0.4) is 0 Å². The van der Waals surface area contributed by atoms with Gasteiger partial charge in [-0.05, 0) is 45.2 Å². The molecule has 2 aliphatic heterocycles. The summed E-state index contributed by atoms with van der Waals surface area (Å²) >= 11 is 0. The van der Waals surface area contributed by atoms with Crippen LogP contribution in [0.5, 0.6) is 0 Å². The summed E-state index contributed by atoms with van der Waals surface area (Å²) in [7, 11) is 0. The molecule has 0 N–H and O–H groups in total. The van der Waals surface area contributed by atoms with E-state index in [1.54, 1.807) is 0 Å². The lowest BCUT2D eigenvalue weighted by molar-refractivity contribution is -0.142. The predicted molar refractivity (Wildman–Crippen MR) is 116 cm³/mol. The van der Waals surface area contributed by atoms with Crippen LogP contribution in [0.15, 0.2) is 36.4 Å². The van der Waals surface area contributed by atoms with Crippen LogP contribution < -0.4 is 0 Å². The van der Waals surface area contributed by atoms with Gasteiger partial charge >= 0.3 is 0 Å². The van der Waals surface area contributed by atoms with Gasteiger partial charge in [0, 0.05) is 44.2 Å². The van der Waals surface area contributed by atoms with Crippen molar-refractivity contribution in [2.75, 3.05) is 32.8 Å². The number of aryl methyl sites for hydroxylation is 1. The second kappa shape index (κ2) is 8.64. The van der Waals surface area contributed by atoms with Crippen molar-refractivity contribution in [1.29, 1.82) is 0 Å². The summed E-state index contributed by atoms with van der Waals surface area (Å²) < 4.78 is 7.76. The lowest BCUT2D eigenvalue weighted by atomic mass is 10.1. The number of benzene rings is 1. The first-order valence-corrected chi connectivity index (χ1v) is 10.9. The lowest BCUT2D eigenvalue weighted by Crippen LogP contribution is -2.52. The normalized spacial score (nSPS) is 20.4. The fraction of sp³-hybridized carbons (Fsp3) is 0.500. The number of amides is 2. The van der Waals surface area contributed by atoms with Gasteiger partial charge < -0.3 is 19.1 Å². The summed E-state index contributed by atoms with van der Waals surface area (Å²) in [4.78, 5) is 29.5. The molecule has 6 nitrogen and oxygen atoms in total. The maximum Gasteiger partial charge on any atom is 0.255 e. The Hall–Kier alpha value is -2.60. The highest BCUT2D eigenvalue weighted by Crippen LogP contribution is 2.26. The third-order valence-electron chi connectivity index (χ3n) is 6.47. The molecule has 1 aromatic carbocycles. The Morgan fingerprint density at radius 1 is 1.03 bits per heavy atom. The first-order valence-electron chi connectivity index (χ1n) is 10.9. The molecule has 160 valence electrons. The Kier molecular flexibility index (Phi) is 5.95. The van der Waals surface area contributed by atoms with Gasteiger partial charge in [-0.3, -0.25) is 9.59 Å². The number of piperazine rings is 1. The van der Waals surface area contributed by atoms with E-state index in [-0.39, 0.29) is 24.0 Å². The molecule has 2 saturated heterocycles. The monoisotopic (exact) mass is 409 g/mol. The minimum absolute atomic E-state index is 0.0545. The number of carbonyl (C=O) groups is 2. The number of aromatic nitrogens is 1. The van der Waals surface area contributed by atoms with E-state index in [9.17, 15) is 9.59 Å². The number of ether oxygens (including phenoxy) is 1. The summed E-state index contributed by atoms with van der Waals surface area (Å²) in [5, 5.41) is 0. The summed E-state index contributed by atoms with van der Waals surface area (Å²) in [6.07, 6.45) is 1.47. The molecule has 6 heteroatoms. The van der Waals surface area contributed by atoms with Crippen LogP contribution in [0.4, 0.5) is 0 Å². The van der Waals surface area contributed by atoms with Gasteiger partial charge in [0.1, 0.15) is 6.10 Å².